The first-order valence-electron chi connectivity index (χ1n) is 45.8. The first-order valence-corrected chi connectivity index (χ1v) is 47.4. The molecule has 0 unspecified atom stereocenters. The Bertz CT molecular complexity index is 9730. The summed E-state index contributed by atoms with van der Waals surface area (Å²) in [6.45, 7) is 0. The van der Waals surface area contributed by atoms with Gasteiger partial charge in [-0.15, -0.1) is 22.7 Å². The highest BCUT2D eigenvalue weighted by molar-refractivity contribution is 7.26. The minimum Gasteiger partial charge on any atom is -0.455 e. The van der Waals surface area contributed by atoms with Crippen molar-refractivity contribution >= 4 is 216 Å². The molecule has 30 aromatic rings. The fourth-order valence-electron chi connectivity index (χ4n) is 21.5. The average molecular weight is 1760 g/mol. The summed E-state index contributed by atoms with van der Waals surface area (Å²) in [6.07, 6.45) is 0. The van der Waals surface area contributed by atoms with Gasteiger partial charge in [-0.05, 0) is 207 Å². The zero-order valence-corrected chi connectivity index (χ0v) is 74.2. The van der Waals surface area contributed by atoms with E-state index in [4.69, 9.17) is 17.7 Å². The highest BCUT2D eigenvalue weighted by atomic mass is 32.1. The van der Waals surface area contributed by atoms with Crippen molar-refractivity contribution in [2.24, 2.45) is 0 Å². The number of hydrogen-bond acceptors (Lipinski definition) is 6. The van der Waals surface area contributed by atoms with E-state index in [1.54, 1.807) is 0 Å². The van der Waals surface area contributed by atoms with Gasteiger partial charge in [-0.1, -0.05) is 309 Å². The Hall–Kier alpha value is -17.3. The number of aromatic nitrogens is 3. The number of rotatable bonds is 9. The minimum absolute atomic E-state index is 0.915. The molecule has 7 nitrogen and oxygen atoms in total. The lowest BCUT2D eigenvalue weighted by Crippen LogP contribution is -1.94. The summed E-state index contributed by atoms with van der Waals surface area (Å²) in [4.78, 5) is 0. The zero-order valence-electron chi connectivity index (χ0n) is 72.6. The van der Waals surface area contributed by atoms with Gasteiger partial charge in [0.2, 0.25) is 0 Å². The van der Waals surface area contributed by atoms with Crippen LogP contribution in [0, 0.1) is 0 Å². The van der Waals surface area contributed by atoms with Crippen molar-refractivity contribution in [2.45, 2.75) is 0 Å². The smallest absolute Gasteiger partial charge is 0.145 e. The third-order valence-corrected chi connectivity index (χ3v) is 30.1. The maximum absolute atomic E-state index is 6.51. The molecule has 9 heteroatoms. The van der Waals surface area contributed by atoms with Gasteiger partial charge in [0, 0.05) is 122 Å². The Morgan fingerprint density at radius 2 is 0.437 bits per heavy atom. The van der Waals surface area contributed by atoms with Gasteiger partial charge in [0.15, 0.2) is 0 Å². The van der Waals surface area contributed by atoms with E-state index >= 15 is 0 Å². The fourth-order valence-corrected chi connectivity index (χ4v) is 24.0. The van der Waals surface area contributed by atoms with Crippen molar-refractivity contribution in [1.82, 2.24) is 13.7 Å². The van der Waals surface area contributed by atoms with Gasteiger partial charge in [0.1, 0.15) is 44.7 Å². The maximum atomic E-state index is 6.51. The van der Waals surface area contributed by atoms with Crippen molar-refractivity contribution in [1.29, 1.82) is 0 Å². The van der Waals surface area contributed by atoms with Crippen LogP contribution in [-0.4, -0.2) is 13.7 Å². The average Bonchev–Trinajstić information content (AvgIpc) is 1.57. The third-order valence-electron chi connectivity index (χ3n) is 27.6. The molecule has 0 amide bonds. The van der Waals surface area contributed by atoms with Gasteiger partial charge in [-0.2, -0.15) is 0 Å². The van der Waals surface area contributed by atoms with E-state index in [0.717, 1.165) is 160 Å². The molecule has 30 rings (SSSR count). The standard InChI is InChI=1S/C42H25NO2.2C42H25NOS/c1-4-16-36-35(13-1)40-37(24-23-34-32-12-3-6-18-39(32)45-42(34)40)43(36)29-21-19-26(20-22-29)27-9-7-10-28(25-27)30-14-8-15-33-31-11-2-5-17-38(31)44-41(30)33;1-4-19-36-35(16-1)40-37(23-22-33-31-14-2-5-20-38(31)44-41(33)40)43(36)29-13-8-11-27(25-29)26-10-7-12-28(24-26)30-17-9-18-34-32-15-3-6-21-39(32)45-42(30)34;1-4-16-36-35(13-1)40-37(24-23-33-31-11-2-5-17-38(31)44-41(33)40)43(36)29-21-19-26(20-22-29)27-9-7-10-28(25-27)30-14-8-15-34-32-12-3-6-18-39(32)45-42(30)34/h3*1-25H. The molecule has 21 aromatic carbocycles. The van der Waals surface area contributed by atoms with Crippen LogP contribution in [0.3, 0.4) is 0 Å². The Morgan fingerprint density at radius 1 is 0.156 bits per heavy atom. The van der Waals surface area contributed by atoms with E-state index in [0.29, 0.717) is 0 Å². The van der Waals surface area contributed by atoms with Crippen LogP contribution in [0.5, 0.6) is 0 Å². The molecule has 0 saturated carbocycles. The monoisotopic (exact) mass is 1760 g/mol. The first kappa shape index (κ1) is 76.5. The van der Waals surface area contributed by atoms with E-state index < -0.39 is 0 Å². The molecule has 0 radical (unpaired) electrons. The first-order chi connectivity index (χ1) is 66.9. The second-order valence-electron chi connectivity index (χ2n) is 35.1. The number of thiophene rings is 2. The number of hydrogen-bond donors (Lipinski definition) is 0. The van der Waals surface area contributed by atoms with E-state index in [9.17, 15) is 0 Å². The molecular formula is C126H75N3O4S2. The molecule has 9 aromatic heterocycles. The lowest BCUT2D eigenvalue weighted by atomic mass is 9.97. The summed E-state index contributed by atoms with van der Waals surface area (Å²) >= 11 is 3.76. The van der Waals surface area contributed by atoms with Crippen molar-refractivity contribution < 1.29 is 17.7 Å². The quantitative estimate of drug-likeness (QED) is 0.144. The Kier molecular flexibility index (Phi) is 17.4. The molecule has 0 aliphatic carbocycles. The van der Waals surface area contributed by atoms with Crippen molar-refractivity contribution in [3.8, 4) is 83.8 Å². The summed E-state index contributed by atoms with van der Waals surface area (Å²) in [5.74, 6) is 0. The largest absolute Gasteiger partial charge is 0.455 e. The van der Waals surface area contributed by atoms with E-state index in [2.05, 4.69) is 432 Å². The lowest BCUT2D eigenvalue weighted by molar-refractivity contribution is 0.670. The van der Waals surface area contributed by atoms with Gasteiger partial charge >= 0.3 is 0 Å². The highest BCUT2D eigenvalue weighted by Gasteiger charge is 2.25. The van der Waals surface area contributed by atoms with Gasteiger partial charge in [0.05, 0.1) is 49.3 Å². The molecule has 0 fully saturated rings. The Labute approximate surface area is 780 Å². The summed E-state index contributed by atoms with van der Waals surface area (Å²) in [6, 6.07) is 163. The number of fused-ring (bicyclic) bond motifs is 30. The van der Waals surface area contributed by atoms with E-state index in [-0.39, 0.29) is 0 Å². The van der Waals surface area contributed by atoms with Gasteiger partial charge < -0.3 is 31.4 Å². The number of para-hydroxylation sites is 8. The van der Waals surface area contributed by atoms with Crippen LogP contribution < -0.4 is 0 Å². The van der Waals surface area contributed by atoms with Crippen LogP contribution >= 0.6 is 22.7 Å². The van der Waals surface area contributed by atoms with E-state index in [1.165, 1.54) is 118 Å². The third kappa shape index (κ3) is 12.2. The topological polar surface area (TPSA) is 67.3 Å². The fraction of sp³-hybridized carbons (Fsp3) is 0. The van der Waals surface area contributed by atoms with Crippen LogP contribution in [0.25, 0.3) is 277 Å². The Morgan fingerprint density at radius 3 is 0.844 bits per heavy atom. The molecule has 0 aliphatic heterocycles. The predicted octanol–water partition coefficient (Wildman–Crippen LogP) is 36.7. The molecule has 0 aliphatic rings. The predicted molar refractivity (Wildman–Crippen MR) is 570 cm³/mol. The molecule has 630 valence electrons. The lowest BCUT2D eigenvalue weighted by Gasteiger charge is -2.11. The summed E-state index contributed by atoms with van der Waals surface area (Å²) < 4.78 is 38.2. The Balaban J connectivity index is 0.000000101. The number of furan rings is 4. The van der Waals surface area contributed by atoms with Crippen LogP contribution in [0.1, 0.15) is 0 Å². The van der Waals surface area contributed by atoms with Gasteiger partial charge in [-0.3, -0.25) is 0 Å². The molecule has 0 spiro atoms. The summed E-state index contributed by atoms with van der Waals surface area (Å²) in [5, 5.41) is 21.6. The highest BCUT2D eigenvalue weighted by Crippen LogP contribution is 2.49. The normalized spacial score (nSPS) is 12.0. The summed E-state index contributed by atoms with van der Waals surface area (Å²) in [5.41, 5.74) is 32.2. The van der Waals surface area contributed by atoms with Crippen LogP contribution in [-0.2, 0) is 0 Å². The number of nitrogens with zero attached hydrogens (tertiary/aromatic N) is 3. The molecule has 0 bridgehead atoms. The van der Waals surface area contributed by atoms with Gasteiger partial charge in [-0.25, -0.2) is 0 Å². The molecule has 135 heavy (non-hydrogen) atoms. The molecule has 0 atom stereocenters. The molecule has 0 saturated heterocycles. The molecule has 0 N–H and O–H groups in total. The van der Waals surface area contributed by atoms with Crippen LogP contribution in [0.15, 0.2) is 473 Å². The van der Waals surface area contributed by atoms with Gasteiger partial charge in [0.25, 0.3) is 0 Å². The SMILES string of the molecule is c1cc(-c2ccc(-n3c4ccccc4c4c5oc6ccccc6c5ccc43)cc2)cc(-c2cccc3c2oc2ccccc23)c1.c1cc(-c2ccc(-n3c4ccccc4c4c5oc6ccccc6c5ccc43)cc2)cc(-c2cccc3c2sc2ccccc23)c1.c1cc(-c2cccc(-n3c4ccccc4c4c5oc6ccccc6c5ccc43)c2)cc(-c2cccc3c2sc2ccccc23)c1. The van der Waals surface area contributed by atoms with Crippen molar-refractivity contribution in [2.75, 3.05) is 0 Å². The second kappa shape index (κ2) is 30.6. The number of benzene rings is 21. The molecule has 9 heterocycles. The minimum atomic E-state index is 0.915. The van der Waals surface area contributed by atoms with Crippen molar-refractivity contribution in [3.63, 3.8) is 0 Å². The van der Waals surface area contributed by atoms with Crippen molar-refractivity contribution in [3.05, 3.63) is 455 Å². The van der Waals surface area contributed by atoms with E-state index in [1.807, 2.05) is 59.1 Å². The summed E-state index contributed by atoms with van der Waals surface area (Å²) in [7, 11) is 0. The van der Waals surface area contributed by atoms with Crippen LogP contribution in [0.4, 0.5) is 0 Å². The maximum Gasteiger partial charge on any atom is 0.145 e. The molecular weight excluding hydrogens is 1680 g/mol. The second-order valence-corrected chi connectivity index (χ2v) is 37.2. The van der Waals surface area contributed by atoms with Crippen LogP contribution in [0.2, 0.25) is 0 Å². The zero-order chi connectivity index (χ0) is 88.5.